The number of benzene rings is 1. The van der Waals surface area contributed by atoms with Crippen molar-refractivity contribution in [3.8, 4) is 0 Å². The molecule has 1 saturated carbocycles. The molecule has 1 aliphatic carbocycles. The molecule has 3 nitrogen and oxygen atoms in total. The molecule has 1 aromatic carbocycles. The maximum atomic E-state index is 12.0. The van der Waals surface area contributed by atoms with Crippen LogP contribution in [-0.4, -0.2) is 14.5 Å². The Morgan fingerprint density at radius 2 is 2.06 bits per heavy atom. The lowest BCUT2D eigenvalue weighted by molar-refractivity contribution is 0.578. The van der Waals surface area contributed by atoms with Crippen molar-refractivity contribution in [3.05, 3.63) is 28.2 Å². The van der Waals surface area contributed by atoms with Crippen LogP contribution in [0.25, 0.3) is 0 Å². The zero-order valence-electron chi connectivity index (χ0n) is 9.20. The van der Waals surface area contributed by atoms with Crippen LogP contribution in [0.1, 0.15) is 18.9 Å². The molecule has 2 atom stereocenters. The van der Waals surface area contributed by atoms with Crippen molar-refractivity contribution in [1.29, 1.82) is 0 Å². The molecule has 0 aliphatic heterocycles. The molecule has 2 unspecified atom stereocenters. The van der Waals surface area contributed by atoms with E-state index in [1.807, 2.05) is 19.9 Å². The molecule has 5 heteroatoms. The van der Waals surface area contributed by atoms with E-state index in [1.165, 1.54) is 0 Å². The van der Waals surface area contributed by atoms with E-state index in [0.29, 0.717) is 15.3 Å². The van der Waals surface area contributed by atoms with E-state index in [1.54, 1.807) is 12.1 Å². The van der Waals surface area contributed by atoms with Crippen LogP contribution in [0.5, 0.6) is 0 Å². The summed E-state index contributed by atoms with van der Waals surface area (Å²) in [7, 11) is -3.37. The number of hydrogen-bond acceptors (Lipinski definition) is 2. The van der Waals surface area contributed by atoms with Gasteiger partial charge in [0.05, 0.1) is 4.90 Å². The van der Waals surface area contributed by atoms with Crippen molar-refractivity contribution < 1.29 is 8.42 Å². The highest BCUT2D eigenvalue weighted by Gasteiger charge is 2.36. The molecule has 2 rings (SSSR count). The van der Waals surface area contributed by atoms with Crippen LogP contribution >= 0.6 is 15.9 Å². The summed E-state index contributed by atoms with van der Waals surface area (Å²) in [5.41, 5.74) is 1.03. The van der Waals surface area contributed by atoms with Crippen LogP contribution in [0.15, 0.2) is 27.6 Å². The Morgan fingerprint density at radius 1 is 1.44 bits per heavy atom. The highest BCUT2D eigenvalue weighted by Crippen LogP contribution is 2.32. The first-order valence-electron chi connectivity index (χ1n) is 5.18. The van der Waals surface area contributed by atoms with Crippen LogP contribution in [0.2, 0.25) is 0 Å². The number of rotatable bonds is 3. The van der Waals surface area contributed by atoms with Crippen molar-refractivity contribution in [1.82, 2.24) is 4.72 Å². The lowest BCUT2D eigenvalue weighted by Gasteiger charge is -2.08. The zero-order chi connectivity index (χ0) is 11.9. The maximum absolute atomic E-state index is 12.0. The minimum atomic E-state index is -3.37. The maximum Gasteiger partial charge on any atom is 0.241 e. The zero-order valence-corrected chi connectivity index (χ0v) is 11.6. The van der Waals surface area contributed by atoms with Crippen LogP contribution in [0.3, 0.4) is 0 Å². The molecule has 0 aromatic heterocycles. The predicted octanol–water partition coefficient (Wildman–Crippen LogP) is 2.44. The molecular formula is C11H14BrNO2S. The Hall–Kier alpha value is -0.390. The first kappa shape index (κ1) is 12.1. The largest absolute Gasteiger partial charge is 0.241 e. The summed E-state index contributed by atoms with van der Waals surface area (Å²) in [6.07, 6.45) is 0.933. The van der Waals surface area contributed by atoms with Gasteiger partial charge in [-0.2, -0.15) is 0 Å². The van der Waals surface area contributed by atoms with E-state index in [-0.39, 0.29) is 6.04 Å². The van der Waals surface area contributed by atoms with Gasteiger partial charge in [0.25, 0.3) is 0 Å². The summed E-state index contributed by atoms with van der Waals surface area (Å²) in [5, 5.41) is 0. The molecule has 0 bridgehead atoms. The highest BCUT2D eigenvalue weighted by molar-refractivity contribution is 9.10. The van der Waals surface area contributed by atoms with E-state index in [4.69, 9.17) is 0 Å². The van der Waals surface area contributed by atoms with Crippen molar-refractivity contribution in [2.24, 2.45) is 5.92 Å². The van der Waals surface area contributed by atoms with Gasteiger partial charge in [-0.3, -0.25) is 0 Å². The second-order valence-electron chi connectivity index (χ2n) is 4.37. The minimum absolute atomic E-state index is 0.109. The van der Waals surface area contributed by atoms with Crippen molar-refractivity contribution in [3.63, 3.8) is 0 Å². The van der Waals surface area contributed by atoms with Gasteiger partial charge in [0, 0.05) is 10.5 Å². The number of aryl methyl sites for hydroxylation is 1. The van der Waals surface area contributed by atoms with Crippen LogP contribution in [0, 0.1) is 12.8 Å². The SMILES string of the molecule is Cc1ccc(S(=O)(=O)NC2CC2C)c(Br)c1. The summed E-state index contributed by atoms with van der Waals surface area (Å²) in [4.78, 5) is 0.317. The molecule has 1 aliphatic rings. The van der Waals surface area contributed by atoms with Crippen LogP contribution in [0.4, 0.5) is 0 Å². The lowest BCUT2D eigenvalue weighted by Crippen LogP contribution is -2.27. The average molecular weight is 304 g/mol. The molecule has 88 valence electrons. The molecule has 1 N–H and O–H groups in total. The number of sulfonamides is 1. The third-order valence-electron chi connectivity index (χ3n) is 2.79. The first-order chi connectivity index (χ1) is 7.40. The second-order valence-corrected chi connectivity index (χ2v) is 6.91. The van der Waals surface area contributed by atoms with Gasteiger partial charge in [0.1, 0.15) is 0 Å². The number of nitrogens with one attached hydrogen (secondary N) is 1. The van der Waals surface area contributed by atoms with Crippen molar-refractivity contribution >= 4 is 26.0 Å². The summed E-state index contributed by atoms with van der Waals surface area (Å²) in [5.74, 6) is 0.457. The molecule has 1 fully saturated rings. The third-order valence-corrected chi connectivity index (χ3v) is 5.26. The standard InChI is InChI=1S/C11H14BrNO2S/c1-7-3-4-11(9(12)5-7)16(14,15)13-10-6-8(10)2/h3-5,8,10,13H,6H2,1-2H3. The Labute approximate surface area is 104 Å². The smallest absolute Gasteiger partial charge is 0.208 e. The molecule has 0 radical (unpaired) electrons. The van der Waals surface area contributed by atoms with Crippen LogP contribution < -0.4 is 4.72 Å². The minimum Gasteiger partial charge on any atom is -0.208 e. The van der Waals surface area contributed by atoms with E-state index in [9.17, 15) is 8.42 Å². The Kier molecular flexibility index (Phi) is 3.11. The second kappa shape index (κ2) is 4.13. The van der Waals surface area contributed by atoms with Crippen LogP contribution in [-0.2, 0) is 10.0 Å². The predicted molar refractivity (Wildman–Crippen MR) is 66.8 cm³/mol. The van der Waals surface area contributed by atoms with Gasteiger partial charge in [-0.25, -0.2) is 13.1 Å². The molecule has 0 amide bonds. The quantitative estimate of drug-likeness (QED) is 0.932. The van der Waals surface area contributed by atoms with Gasteiger partial charge >= 0.3 is 0 Å². The normalized spacial score (nSPS) is 24.4. The Balaban J connectivity index is 2.28. The molecule has 1 aromatic rings. The van der Waals surface area contributed by atoms with Gasteiger partial charge in [-0.1, -0.05) is 13.0 Å². The number of halogens is 1. The van der Waals surface area contributed by atoms with Gasteiger partial charge in [-0.05, 0) is 52.9 Å². The van der Waals surface area contributed by atoms with Crippen molar-refractivity contribution in [2.75, 3.05) is 0 Å². The van der Waals surface area contributed by atoms with E-state index < -0.39 is 10.0 Å². The van der Waals surface area contributed by atoms with Crippen molar-refractivity contribution in [2.45, 2.75) is 31.2 Å². The summed E-state index contributed by atoms with van der Waals surface area (Å²) in [6.45, 7) is 3.97. The van der Waals surface area contributed by atoms with Gasteiger partial charge < -0.3 is 0 Å². The molecular weight excluding hydrogens is 290 g/mol. The van der Waals surface area contributed by atoms with E-state index in [0.717, 1.165) is 12.0 Å². The first-order valence-corrected chi connectivity index (χ1v) is 7.46. The summed E-state index contributed by atoms with van der Waals surface area (Å²) < 4.78 is 27.4. The monoisotopic (exact) mass is 303 g/mol. The molecule has 0 saturated heterocycles. The Morgan fingerprint density at radius 3 is 2.56 bits per heavy atom. The fourth-order valence-electron chi connectivity index (χ4n) is 1.57. The fourth-order valence-corrected chi connectivity index (χ4v) is 4.12. The molecule has 0 spiro atoms. The fraction of sp³-hybridized carbons (Fsp3) is 0.455. The van der Waals surface area contributed by atoms with Gasteiger partial charge in [0.15, 0.2) is 0 Å². The topological polar surface area (TPSA) is 46.2 Å². The van der Waals surface area contributed by atoms with Gasteiger partial charge in [0.2, 0.25) is 10.0 Å². The number of hydrogen-bond donors (Lipinski definition) is 1. The third kappa shape index (κ3) is 2.47. The molecule has 16 heavy (non-hydrogen) atoms. The average Bonchev–Trinajstić information content (AvgIpc) is 2.79. The van der Waals surface area contributed by atoms with Gasteiger partial charge in [-0.15, -0.1) is 0 Å². The highest BCUT2D eigenvalue weighted by atomic mass is 79.9. The summed E-state index contributed by atoms with van der Waals surface area (Å²) in [6, 6.07) is 5.35. The van der Waals surface area contributed by atoms with E-state index in [2.05, 4.69) is 20.7 Å². The summed E-state index contributed by atoms with van der Waals surface area (Å²) >= 11 is 3.29. The Bertz CT molecular complexity index is 513. The molecule has 0 heterocycles. The van der Waals surface area contributed by atoms with E-state index >= 15 is 0 Å². The lowest BCUT2D eigenvalue weighted by atomic mass is 10.2.